The van der Waals surface area contributed by atoms with Crippen LogP contribution in [0.1, 0.15) is 12.8 Å². The van der Waals surface area contributed by atoms with Gasteiger partial charge in [0.2, 0.25) is 0 Å². The molecule has 1 fully saturated rings. The van der Waals surface area contributed by atoms with E-state index in [2.05, 4.69) is 20.1 Å². The summed E-state index contributed by atoms with van der Waals surface area (Å²) in [7, 11) is 1.99. The Kier molecular flexibility index (Phi) is 2.74. The number of nitrogens with zero attached hydrogens (tertiary/aromatic N) is 4. The maximum atomic E-state index is 11.3. The van der Waals surface area contributed by atoms with E-state index in [1.807, 2.05) is 7.05 Å². The highest BCUT2D eigenvalue weighted by Gasteiger charge is 2.28. The molecule has 1 N–H and O–H groups in total. The molecular weight excluding hydrogens is 254 g/mol. The Labute approximate surface area is 109 Å². The minimum Gasteiger partial charge on any atom is -0.359 e. The maximum absolute atomic E-state index is 11.3. The molecule has 1 aliphatic rings. The van der Waals surface area contributed by atoms with Crippen molar-refractivity contribution in [2.45, 2.75) is 18.2 Å². The molecule has 3 rings (SSSR count). The third-order valence-electron chi connectivity index (χ3n) is 3.40. The van der Waals surface area contributed by atoms with Crippen molar-refractivity contribution in [2.75, 3.05) is 18.5 Å². The highest BCUT2D eigenvalue weighted by molar-refractivity contribution is 6.21. The second-order valence-corrected chi connectivity index (χ2v) is 5.44. The SMILES string of the molecule is CN(CC1CC(Cl)C1)c1cc2n[nH]c(=O)n2cn1. The van der Waals surface area contributed by atoms with Crippen LogP contribution in [-0.4, -0.2) is 38.6 Å². The van der Waals surface area contributed by atoms with Crippen LogP contribution in [0.25, 0.3) is 5.65 Å². The predicted molar refractivity (Wildman–Crippen MR) is 69.2 cm³/mol. The summed E-state index contributed by atoms with van der Waals surface area (Å²) in [6.45, 7) is 0.932. The van der Waals surface area contributed by atoms with Gasteiger partial charge in [-0.2, -0.15) is 5.10 Å². The monoisotopic (exact) mass is 267 g/mol. The first kappa shape index (κ1) is 11.5. The van der Waals surface area contributed by atoms with E-state index in [1.54, 1.807) is 6.07 Å². The van der Waals surface area contributed by atoms with Crippen molar-refractivity contribution < 1.29 is 0 Å². The van der Waals surface area contributed by atoms with Crippen LogP contribution < -0.4 is 10.6 Å². The summed E-state index contributed by atoms with van der Waals surface area (Å²) < 4.78 is 1.38. The summed E-state index contributed by atoms with van der Waals surface area (Å²) in [6, 6.07) is 1.80. The Morgan fingerprint density at radius 1 is 1.61 bits per heavy atom. The van der Waals surface area contributed by atoms with Gasteiger partial charge in [0.25, 0.3) is 0 Å². The third kappa shape index (κ3) is 1.96. The molecule has 0 unspecified atom stereocenters. The summed E-state index contributed by atoms with van der Waals surface area (Å²) >= 11 is 5.97. The van der Waals surface area contributed by atoms with Crippen LogP contribution in [0.3, 0.4) is 0 Å². The van der Waals surface area contributed by atoms with Gasteiger partial charge in [-0.15, -0.1) is 11.6 Å². The molecular formula is C11H14ClN5O. The van der Waals surface area contributed by atoms with Crippen molar-refractivity contribution in [1.29, 1.82) is 0 Å². The van der Waals surface area contributed by atoms with Gasteiger partial charge in [0, 0.05) is 25.0 Å². The number of hydrogen-bond acceptors (Lipinski definition) is 4. The summed E-state index contributed by atoms with van der Waals surface area (Å²) in [5.41, 5.74) is 0.316. The summed E-state index contributed by atoms with van der Waals surface area (Å²) in [6.07, 6.45) is 3.63. The first-order valence-corrected chi connectivity index (χ1v) is 6.35. The van der Waals surface area contributed by atoms with Crippen LogP contribution in [0.2, 0.25) is 0 Å². The first-order chi connectivity index (χ1) is 8.63. The number of H-pyrrole nitrogens is 1. The average molecular weight is 268 g/mol. The molecule has 18 heavy (non-hydrogen) atoms. The molecule has 0 amide bonds. The molecule has 0 radical (unpaired) electrons. The molecule has 0 bridgehead atoms. The van der Waals surface area contributed by atoms with Crippen molar-refractivity contribution in [3.05, 3.63) is 22.9 Å². The molecule has 0 saturated heterocycles. The van der Waals surface area contributed by atoms with E-state index in [9.17, 15) is 4.79 Å². The van der Waals surface area contributed by atoms with Gasteiger partial charge in [0.1, 0.15) is 12.1 Å². The molecule has 96 valence electrons. The number of rotatable bonds is 3. The lowest BCUT2D eigenvalue weighted by molar-refractivity contribution is 0.328. The van der Waals surface area contributed by atoms with Crippen molar-refractivity contribution in [3.8, 4) is 0 Å². The number of halogens is 1. The fourth-order valence-electron chi connectivity index (χ4n) is 2.29. The highest BCUT2D eigenvalue weighted by atomic mass is 35.5. The van der Waals surface area contributed by atoms with Crippen LogP contribution in [-0.2, 0) is 0 Å². The van der Waals surface area contributed by atoms with Gasteiger partial charge in [-0.3, -0.25) is 0 Å². The zero-order chi connectivity index (χ0) is 12.7. The Hall–Kier alpha value is -1.56. The molecule has 7 heteroatoms. The van der Waals surface area contributed by atoms with Crippen molar-refractivity contribution >= 4 is 23.1 Å². The normalized spacial score (nSPS) is 23.0. The topological polar surface area (TPSA) is 66.3 Å². The smallest absolute Gasteiger partial charge is 0.348 e. The highest BCUT2D eigenvalue weighted by Crippen LogP contribution is 2.32. The van der Waals surface area contributed by atoms with E-state index < -0.39 is 0 Å². The Morgan fingerprint density at radius 3 is 3.11 bits per heavy atom. The van der Waals surface area contributed by atoms with Crippen LogP contribution in [0, 0.1) is 5.92 Å². The lowest BCUT2D eigenvalue weighted by atomic mass is 9.84. The number of aromatic nitrogens is 4. The van der Waals surface area contributed by atoms with Gasteiger partial charge in [-0.05, 0) is 18.8 Å². The number of aromatic amines is 1. The van der Waals surface area contributed by atoms with Crippen LogP contribution in [0.5, 0.6) is 0 Å². The minimum absolute atomic E-state index is 0.268. The maximum Gasteiger partial charge on any atom is 0.348 e. The Bertz CT molecular complexity index is 615. The second kappa shape index (κ2) is 4.28. The first-order valence-electron chi connectivity index (χ1n) is 5.91. The standard InChI is InChI=1S/C11H14ClN5O/c1-16(5-7-2-8(12)3-7)9-4-10-14-15-11(18)17(10)6-13-9/h4,6-8H,2-3,5H2,1H3,(H,15,18). The van der Waals surface area contributed by atoms with E-state index in [0.29, 0.717) is 16.9 Å². The van der Waals surface area contributed by atoms with E-state index in [0.717, 1.165) is 25.2 Å². The van der Waals surface area contributed by atoms with Gasteiger partial charge in [0.05, 0.1) is 0 Å². The molecule has 6 nitrogen and oxygen atoms in total. The molecule has 2 aromatic rings. The number of alkyl halides is 1. The predicted octanol–water partition coefficient (Wildman–Crippen LogP) is 0.871. The molecule has 1 saturated carbocycles. The van der Waals surface area contributed by atoms with Gasteiger partial charge in [-0.25, -0.2) is 19.3 Å². The number of anilines is 1. The number of nitrogens with one attached hydrogen (secondary N) is 1. The van der Waals surface area contributed by atoms with E-state index in [-0.39, 0.29) is 5.69 Å². The number of hydrogen-bond donors (Lipinski definition) is 1. The van der Waals surface area contributed by atoms with E-state index >= 15 is 0 Å². The van der Waals surface area contributed by atoms with E-state index in [1.165, 1.54) is 10.7 Å². The Balaban J connectivity index is 1.78. The Morgan fingerprint density at radius 2 is 2.39 bits per heavy atom. The lowest BCUT2D eigenvalue weighted by Gasteiger charge is -2.34. The van der Waals surface area contributed by atoms with Crippen LogP contribution in [0.4, 0.5) is 5.82 Å². The van der Waals surface area contributed by atoms with Gasteiger partial charge < -0.3 is 4.90 Å². The molecule has 2 heterocycles. The summed E-state index contributed by atoms with van der Waals surface area (Å²) in [5.74, 6) is 1.46. The summed E-state index contributed by atoms with van der Waals surface area (Å²) in [4.78, 5) is 17.6. The molecule has 2 aromatic heterocycles. The summed E-state index contributed by atoms with van der Waals surface area (Å²) in [5, 5.41) is 6.65. The van der Waals surface area contributed by atoms with Gasteiger partial charge in [-0.1, -0.05) is 0 Å². The molecule has 0 aromatic carbocycles. The second-order valence-electron chi connectivity index (χ2n) is 4.82. The number of fused-ring (bicyclic) bond motifs is 1. The fraction of sp³-hybridized carbons (Fsp3) is 0.545. The van der Waals surface area contributed by atoms with Crippen molar-refractivity contribution in [2.24, 2.45) is 5.92 Å². The van der Waals surface area contributed by atoms with Gasteiger partial charge in [0.15, 0.2) is 5.65 Å². The third-order valence-corrected chi connectivity index (χ3v) is 3.75. The average Bonchev–Trinajstić information content (AvgIpc) is 2.68. The quantitative estimate of drug-likeness (QED) is 0.838. The molecule has 1 aliphatic carbocycles. The molecule has 0 atom stereocenters. The van der Waals surface area contributed by atoms with Crippen LogP contribution in [0.15, 0.2) is 17.2 Å². The molecule has 0 aliphatic heterocycles. The minimum atomic E-state index is -0.268. The van der Waals surface area contributed by atoms with Gasteiger partial charge >= 0.3 is 5.69 Å². The van der Waals surface area contributed by atoms with Crippen molar-refractivity contribution in [1.82, 2.24) is 19.6 Å². The van der Waals surface area contributed by atoms with Crippen molar-refractivity contribution in [3.63, 3.8) is 0 Å². The lowest BCUT2D eigenvalue weighted by Crippen LogP contribution is -2.35. The molecule has 0 spiro atoms. The zero-order valence-corrected chi connectivity index (χ0v) is 10.8. The van der Waals surface area contributed by atoms with Crippen LogP contribution >= 0.6 is 11.6 Å². The largest absolute Gasteiger partial charge is 0.359 e. The van der Waals surface area contributed by atoms with E-state index in [4.69, 9.17) is 11.6 Å². The zero-order valence-electron chi connectivity index (χ0n) is 10.0. The fourth-order valence-corrected chi connectivity index (χ4v) is 2.80.